The van der Waals surface area contributed by atoms with E-state index in [1.54, 1.807) is 49.4 Å². The van der Waals surface area contributed by atoms with Gasteiger partial charge >= 0.3 is 0 Å². The van der Waals surface area contributed by atoms with Crippen molar-refractivity contribution in [3.8, 4) is 11.5 Å². The Morgan fingerprint density at radius 2 is 1.58 bits per heavy atom. The molecule has 0 bridgehead atoms. The van der Waals surface area contributed by atoms with Gasteiger partial charge in [-0.2, -0.15) is 0 Å². The van der Waals surface area contributed by atoms with Gasteiger partial charge in [-0.3, -0.25) is 24.1 Å². The van der Waals surface area contributed by atoms with E-state index in [2.05, 4.69) is 0 Å². The number of amides is 4. The molecule has 0 radical (unpaired) electrons. The van der Waals surface area contributed by atoms with Crippen LogP contribution >= 0.6 is 11.6 Å². The highest BCUT2D eigenvalue weighted by Gasteiger charge is 2.70. The largest absolute Gasteiger partial charge is 0.508 e. The summed E-state index contributed by atoms with van der Waals surface area (Å²) in [5.74, 6) is -4.40. The summed E-state index contributed by atoms with van der Waals surface area (Å²) in [6.07, 6.45) is 2.50. The van der Waals surface area contributed by atoms with Crippen molar-refractivity contribution in [1.82, 2.24) is 4.90 Å². The zero-order valence-electron chi connectivity index (χ0n) is 27.4. The highest BCUT2D eigenvalue weighted by Crippen LogP contribution is 2.65. The zero-order chi connectivity index (χ0) is 34.7. The molecule has 2 saturated heterocycles. The number of hydrogen-bond acceptors (Lipinski definition) is 6. The van der Waals surface area contributed by atoms with Crippen LogP contribution in [0.1, 0.15) is 42.4 Å². The number of allylic oxidation sites excluding steroid dienone is 2. The molecule has 1 N–H and O–H groups in total. The first-order chi connectivity index (χ1) is 24.2. The van der Waals surface area contributed by atoms with Crippen molar-refractivity contribution in [1.29, 1.82) is 0 Å². The first-order valence-corrected chi connectivity index (χ1v) is 17.4. The smallest absolute Gasteiger partial charge is 0.246 e. The molecule has 1 saturated carbocycles. The summed E-state index contributed by atoms with van der Waals surface area (Å²) in [4.78, 5) is 60.0. The second-order valence-electron chi connectivity index (χ2n) is 13.5. The maximum Gasteiger partial charge on any atom is 0.246 e. The summed E-state index contributed by atoms with van der Waals surface area (Å²) >= 11 is 6.39. The molecule has 0 unspecified atom stereocenters. The van der Waals surface area contributed by atoms with Gasteiger partial charge in [0.15, 0.2) is 0 Å². The number of benzene rings is 4. The third-order valence-electron chi connectivity index (χ3n) is 11.1. The number of halogens is 1. The molecular formula is C41H35ClN2O6. The van der Waals surface area contributed by atoms with E-state index >= 15 is 4.79 Å². The standard InChI is InChI=1S/C41H35ClN2O6/c1-2-43-37(46)31-19-18-29-32(35(31)39(43)48)22-33-38(47)44(27-15-9-14-26(42)20-27)40(49)41(33,25-12-7-4-8-13-25)36(29)30-17-16-28(21-34(30)45)50-23-24-10-5-3-6-11-24/h3-18,20-21,31-33,35-36,45H,2,19,22-23H2,1H3/t31-,32+,33-,35-,36+,41+/m0/s1. The summed E-state index contributed by atoms with van der Waals surface area (Å²) in [5, 5.41) is 12.3. The van der Waals surface area contributed by atoms with Gasteiger partial charge in [0.05, 0.1) is 28.9 Å². The number of imide groups is 2. The summed E-state index contributed by atoms with van der Waals surface area (Å²) in [5.41, 5.74) is 1.70. The van der Waals surface area contributed by atoms with E-state index in [0.29, 0.717) is 40.6 Å². The Labute approximate surface area is 294 Å². The first kappa shape index (κ1) is 32.0. The molecule has 6 atom stereocenters. The number of phenolic OH excluding ortho intramolecular Hbond substituents is 1. The van der Waals surface area contributed by atoms with Crippen molar-refractivity contribution in [2.75, 3.05) is 11.4 Å². The second kappa shape index (κ2) is 12.3. The van der Waals surface area contributed by atoms with Gasteiger partial charge in [0, 0.05) is 29.1 Å². The lowest BCUT2D eigenvalue weighted by Gasteiger charge is -2.50. The molecule has 4 aliphatic rings. The summed E-state index contributed by atoms with van der Waals surface area (Å²) < 4.78 is 6.05. The van der Waals surface area contributed by atoms with E-state index in [0.717, 1.165) is 11.1 Å². The molecule has 9 heteroatoms. The molecule has 8 rings (SSSR count). The normalized spacial score (nSPS) is 27.2. The second-order valence-corrected chi connectivity index (χ2v) is 13.9. The third-order valence-corrected chi connectivity index (χ3v) is 11.4. The van der Waals surface area contributed by atoms with Crippen LogP contribution in [-0.2, 0) is 31.2 Å². The Balaban J connectivity index is 1.32. The number of nitrogens with zero attached hydrogens (tertiary/aromatic N) is 2. The first-order valence-electron chi connectivity index (χ1n) is 17.0. The fourth-order valence-corrected chi connectivity index (χ4v) is 9.25. The molecule has 4 aromatic rings. The van der Waals surface area contributed by atoms with Crippen LogP contribution in [0.5, 0.6) is 11.5 Å². The van der Waals surface area contributed by atoms with Gasteiger partial charge < -0.3 is 9.84 Å². The molecule has 50 heavy (non-hydrogen) atoms. The van der Waals surface area contributed by atoms with E-state index < -0.39 is 46.8 Å². The number of phenols is 1. The molecule has 8 nitrogen and oxygen atoms in total. The fraction of sp³-hybridized carbons (Fsp3) is 0.268. The van der Waals surface area contributed by atoms with Gasteiger partial charge in [-0.15, -0.1) is 0 Å². The van der Waals surface area contributed by atoms with Gasteiger partial charge in [-0.25, -0.2) is 4.90 Å². The highest BCUT2D eigenvalue weighted by molar-refractivity contribution is 6.32. The van der Waals surface area contributed by atoms with Gasteiger partial charge in [0.1, 0.15) is 18.1 Å². The Bertz CT molecular complexity index is 2070. The predicted molar refractivity (Wildman–Crippen MR) is 187 cm³/mol. The number of carbonyl (C=O) groups excluding carboxylic acids is 4. The van der Waals surface area contributed by atoms with Crippen molar-refractivity contribution in [2.24, 2.45) is 23.7 Å². The highest BCUT2D eigenvalue weighted by atomic mass is 35.5. The van der Waals surface area contributed by atoms with Crippen LogP contribution in [0.3, 0.4) is 0 Å². The lowest BCUT2D eigenvalue weighted by atomic mass is 9.49. The fourth-order valence-electron chi connectivity index (χ4n) is 9.06. The van der Waals surface area contributed by atoms with Crippen molar-refractivity contribution in [3.63, 3.8) is 0 Å². The van der Waals surface area contributed by atoms with E-state index in [1.165, 1.54) is 9.80 Å². The average Bonchev–Trinajstić information content (AvgIpc) is 3.52. The van der Waals surface area contributed by atoms with E-state index in [-0.39, 0.29) is 30.5 Å². The maximum absolute atomic E-state index is 15.3. The number of anilines is 1. The molecule has 4 amide bonds. The summed E-state index contributed by atoms with van der Waals surface area (Å²) in [6, 6.07) is 30.7. The number of aromatic hydroxyl groups is 1. The monoisotopic (exact) mass is 686 g/mol. The minimum atomic E-state index is -1.48. The van der Waals surface area contributed by atoms with Crippen molar-refractivity contribution >= 4 is 40.9 Å². The van der Waals surface area contributed by atoms with Gasteiger partial charge in [0.2, 0.25) is 23.6 Å². The van der Waals surface area contributed by atoms with Crippen LogP contribution in [0.25, 0.3) is 0 Å². The number of likely N-dealkylation sites (tertiary alicyclic amines) is 1. The van der Waals surface area contributed by atoms with E-state index in [1.807, 2.05) is 66.7 Å². The van der Waals surface area contributed by atoms with Crippen LogP contribution in [0.2, 0.25) is 5.02 Å². The Morgan fingerprint density at radius 3 is 2.28 bits per heavy atom. The van der Waals surface area contributed by atoms with Crippen LogP contribution < -0.4 is 9.64 Å². The predicted octanol–water partition coefficient (Wildman–Crippen LogP) is 6.81. The third kappa shape index (κ3) is 4.72. The van der Waals surface area contributed by atoms with Crippen molar-refractivity contribution in [3.05, 3.63) is 136 Å². The number of hydrogen-bond donors (Lipinski definition) is 1. The van der Waals surface area contributed by atoms with Gasteiger partial charge in [-0.1, -0.05) is 96.0 Å². The number of fused-ring (bicyclic) bond motifs is 4. The van der Waals surface area contributed by atoms with Gasteiger partial charge in [-0.05, 0) is 61.1 Å². The lowest BCUT2D eigenvalue weighted by Crippen LogP contribution is -2.53. The number of ether oxygens (including phenoxy) is 1. The zero-order valence-corrected chi connectivity index (χ0v) is 28.1. The molecule has 4 aromatic carbocycles. The molecule has 2 aliphatic heterocycles. The minimum absolute atomic E-state index is 0.0937. The van der Waals surface area contributed by atoms with Crippen LogP contribution in [-0.4, -0.2) is 40.2 Å². The molecule has 2 heterocycles. The van der Waals surface area contributed by atoms with Crippen LogP contribution in [0, 0.1) is 23.7 Å². The summed E-state index contributed by atoms with van der Waals surface area (Å²) in [7, 11) is 0. The Morgan fingerprint density at radius 1 is 0.840 bits per heavy atom. The molecular weight excluding hydrogens is 652 g/mol. The molecule has 0 spiro atoms. The molecule has 252 valence electrons. The van der Waals surface area contributed by atoms with Crippen LogP contribution in [0.15, 0.2) is 115 Å². The summed E-state index contributed by atoms with van der Waals surface area (Å²) in [6.45, 7) is 2.34. The Hall–Kier alpha value is -5.21. The molecule has 2 aliphatic carbocycles. The van der Waals surface area contributed by atoms with Crippen LogP contribution in [0.4, 0.5) is 5.69 Å². The van der Waals surface area contributed by atoms with Gasteiger partial charge in [0.25, 0.3) is 0 Å². The van der Waals surface area contributed by atoms with E-state index in [9.17, 15) is 19.5 Å². The molecule has 3 fully saturated rings. The lowest BCUT2D eigenvalue weighted by molar-refractivity contribution is -0.140. The number of carbonyl (C=O) groups is 4. The van der Waals surface area contributed by atoms with E-state index in [4.69, 9.17) is 16.3 Å². The quantitative estimate of drug-likeness (QED) is 0.169. The molecule has 0 aromatic heterocycles. The Kier molecular flexibility index (Phi) is 7.87. The van der Waals surface area contributed by atoms with Crippen molar-refractivity contribution in [2.45, 2.75) is 37.7 Å². The SMILES string of the molecule is CCN1C(=O)[C@H]2[C@H](CC=C3[C@H]2C[C@H]2C(=O)N(c4cccc(Cl)c4)C(=O)[C@@]2(c2ccccc2)[C@H]3c2ccc(OCc3ccccc3)cc2O)C1=O. The maximum atomic E-state index is 15.3. The average molecular weight is 687 g/mol. The minimum Gasteiger partial charge on any atom is -0.508 e. The number of rotatable bonds is 7. The van der Waals surface area contributed by atoms with Crippen molar-refractivity contribution < 1.29 is 29.0 Å². The topological polar surface area (TPSA) is 104 Å².